The topological polar surface area (TPSA) is 67.2 Å². The number of carbonyl (C=O) groups excluding carboxylic acids is 2. The van der Waals surface area contributed by atoms with Gasteiger partial charge in [-0.2, -0.15) is 5.10 Å². The third-order valence-electron chi connectivity index (χ3n) is 4.05. The fourth-order valence-corrected chi connectivity index (χ4v) is 2.60. The highest BCUT2D eigenvalue weighted by Crippen LogP contribution is 2.18. The van der Waals surface area contributed by atoms with E-state index in [-0.39, 0.29) is 30.3 Å². The molecule has 1 N–H and O–H groups in total. The SMILES string of the molecule is CCC(C)C1C(=O)NCC(=O)N1CCc1ccnn1C. The van der Waals surface area contributed by atoms with Gasteiger partial charge in [0, 0.05) is 31.9 Å². The summed E-state index contributed by atoms with van der Waals surface area (Å²) in [5, 5.41) is 6.80. The summed E-state index contributed by atoms with van der Waals surface area (Å²) in [6.07, 6.45) is 3.32. The summed E-state index contributed by atoms with van der Waals surface area (Å²) in [6.45, 7) is 4.72. The fraction of sp³-hybridized carbons (Fsp3) is 0.643. The summed E-state index contributed by atoms with van der Waals surface area (Å²) in [6, 6.07) is 1.58. The van der Waals surface area contributed by atoms with E-state index >= 15 is 0 Å². The number of rotatable bonds is 5. The highest BCUT2D eigenvalue weighted by atomic mass is 16.2. The van der Waals surface area contributed by atoms with Crippen LogP contribution >= 0.6 is 0 Å². The third kappa shape index (κ3) is 2.84. The molecule has 20 heavy (non-hydrogen) atoms. The smallest absolute Gasteiger partial charge is 0.243 e. The maximum Gasteiger partial charge on any atom is 0.243 e. The maximum absolute atomic E-state index is 12.1. The number of nitrogens with zero attached hydrogens (tertiary/aromatic N) is 3. The standard InChI is InChI=1S/C14H22N4O2/c1-4-10(2)13-14(20)15-9-12(19)18(13)8-6-11-5-7-16-17(11)3/h5,7,10,13H,4,6,8-9H2,1-3H3,(H,15,20). The molecule has 2 rings (SSSR count). The molecular weight excluding hydrogens is 256 g/mol. The molecule has 0 spiro atoms. The molecule has 0 aliphatic carbocycles. The lowest BCUT2D eigenvalue weighted by atomic mass is 9.95. The van der Waals surface area contributed by atoms with Crippen molar-refractivity contribution >= 4 is 11.8 Å². The van der Waals surface area contributed by atoms with E-state index in [9.17, 15) is 9.59 Å². The third-order valence-corrected chi connectivity index (χ3v) is 4.05. The lowest BCUT2D eigenvalue weighted by Gasteiger charge is -2.38. The second-order valence-corrected chi connectivity index (χ2v) is 5.33. The summed E-state index contributed by atoms with van der Waals surface area (Å²) in [5.41, 5.74) is 1.06. The number of carbonyl (C=O) groups is 2. The van der Waals surface area contributed by atoms with E-state index < -0.39 is 0 Å². The highest BCUT2D eigenvalue weighted by Gasteiger charge is 2.37. The molecule has 0 bridgehead atoms. The zero-order valence-electron chi connectivity index (χ0n) is 12.3. The predicted octanol–water partition coefficient (Wildman–Crippen LogP) is 0.336. The molecule has 6 heteroatoms. The summed E-state index contributed by atoms with van der Waals surface area (Å²) < 4.78 is 1.80. The minimum atomic E-state index is -0.352. The lowest BCUT2D eigenvalue weighted by molar-refractivity contribution is -0.147. The van der Waals surface area contributed by atoms with Crippen molar-refractivity contribution < 1.29 is 9.59 Å². The molecule has 2 atom stereocenters. The first-order valence-electron chi connectivity index (χ1n) is 7.08. The van der Waals surface area contributed by atoms with Gasteiger partial charge in [0.1, 0.15) is 6.04 Å². The fourth-order valence-electron chi connectivity index (χ4n) is 2.60. The first-order chi connectivity index (χ1) is 9.54. The molecule has 1 aromatic rings. The Labute approximate surface area is 119 Å². The van der Waals surface area contributed by atoms with Gasteiger partial charge in [-0.1, -0.05) is 20.3 Å². The average molecular weight is 278 g/mol. The number of hydrogen-bond donors (Lipinski definition) is 1. The second-order valence-electron chi connectivity index (χ2n) is 5.33. The number of amides is 2. The average Bonchev–Trinajstić information content (AvgIpc) is 2.84. The monoisotopic (exact) mass is 278 g/mol. The maximum atomic E-state index is 12.1. The molecule has 2 amide bonds. The van der Waals surface area contributed by atoms with Crippen molar-refractivity contribution in [2.24, 2.45) is 13.0 Å². The molecule has 1 saturated heterocycles. The van der Waals surface area contributed by atoms with Gasteiger partial charge in [-0.15, -0.1) is 0 Å². The van der Waals surface area contributed by atoms with E-state index in [4.69, 9.17) is 0 Å². The van der Waals surface area contributed by atoms with Gasteiger partial charge in [0.15, 0.2) is 0 Å². The molecule has 110 valence electrons. The van der Waals surface area contributed by atoms with E-state index in [0.29, 0.717) is 13.0 Å². The normalized spacial score (nSPS) is 20.9. The van der Waals surface area contributed by atoms with E-state index in [1.165, 1.54) is 0 Å². The zero-order valence-corrected chi connectivity index (χ0v) is 12.3. The van der Waals surface area contributed by atoms with E-state index in [2.05, 4.69) is 10.4 Å². The van der Waals surface area contributed by atoms with Gasteiger partial charge >= 0.3 is 0 Å². The molecule has 0 aromatic carbocycles. The Morgan fingerprint density at radius 2 is 2.25 bits per heavy atom. The molecule has 1 aliphatic rings. The molecule has 6 nitrogen and oxygen atoms in total. The minimum absolute atomic E-state index is 0.00271. The molecule has 1 aliphatic heterocycles. The van der Waals surface area contributed by atoms with Gasteiger partial charge in [-0.3, -0.25) is 14.3 Å². The number of hydrogen-bond acceptors (Lipinski definition) is 3. The van der Waals surface area contributed by atoms with Crippen molar-refractivity contribution in [2.75, 3.05) is 13.1 Å². The van der Waals surface area contributed by atoms with E-state index in [1.807, 2.05) is 27.0 Å². The second kappa shape index (κ2) is 6.07. The van der Waals surface area contributed by atoms with Crippen LogP contribution in [0.1, 0.15) is 26.0 Å². The number of piperazine rings is 1. The van der Waals surface area contributed by atoms with Crippen LogP contribution in [-0.2, 0) is 23.1 Å². The Morgan fingerprint density at radius 3 is 2.85 bits per heavy atom. The van der Waals surface area contributed by atoms with Crippen molar-refractivity contribution in [3.8, 4) is 0 Å². The van der Waals surface area contributed by atoms with Crippen LogP contribution in [0, 0.1) is 5.92 Å². The minimum Gasteiger partial charge on any atom is -0.345 e. The summed E-state index contributed by atoms with van der Waals surface area (Å²) in [4.78, 5) is 25.9. The molecule has 1 aromatic heterocycles. The molecule has 0 radical (unpaired) electrons. The van der Waals surface area contributed by atoms with Crippen LogP contribution < -0.4 is 5.32 Å². The quantitative estimate of drug-likeness (QED) is 0.844. The molecule has 0 saturated carbocycles. The van der Waals surface area contributed by atoms with Crippen LogP contribution in [0.5, 0.6) is 0 Å². The predicted molar refractivity (Wildman–Crippen MR) is 74.9 cm³/mol. The molecule has 1 fully saturated rings. The van der Waals surface area contributed by atoms with Crippen LogP contribution in [0.2, 0.25) is 0 Å². The lowest BCUT2D eigenvalue weighted by Crippen LogP contribution is -2.60. The number of nitrogens with one attached hydrogen (secondary N) is 1. The van der Waals surface area contributed by atoms with Crippen LogP contribution in [0.15, 0.2) is 12.3 Å². The largest absolute Gasteiger partial charge is 0.345 e. The summed E-state index contributed by atoms with van der Waals surface area (Å²) in [7, 11) is 1.88. The summed E-state index contributed by atoms with van der Waals surface area (Å²) >= 11 is 0. The van der Waals surface area contributed by atoms with Crippen molar-refractivity contribution in [1.29, 1.82) is 0 Å². The Kier molecular flexibility index (Phi) is 4.42. The zero-order chi connectivity index (χ0) is 14.7. The van der Waals surface area contributed by atoms with Crippen molar-refractivity contribution in [1.82, 2.24) is 20.0 Å². The van der Waals surface area contributed by atoms with Gasteiger partial charge < -0.3 is 10.2 Å². The Bertz CT molecular complexity index is 497. The van der Waals surface area contributed by atoms with Crippen LogP contribution in [0.3, 0.4) is 0 Å². The Balaban J connectivity index is 2.10. The van der Waals surface area contributed by atoms with E-state index in [0.717, 1.165) is 12.1 Å². The number of aryl methyl sites for hydroxylation is 1. The first kappa shape index (κ1) is 14.6. The van der Waals surface area contributed by atoms with Gasteiger partial charge in [-0.05, 0) is 12.0 Å². The van der Waals surface area contributed by atoms with Gasteiger partial charge in [0.05, 0.1) is 6.54 Å². The van der Waals surface area contributed by atoms with Crippen LogP contribution in [0.4, 0.5) is 0 Å². The van der Waals surface area contributed by atoms with Gasteiger partial charge in [-0.25, -0.2) is 0 Å². The van der Waals surface area contributed by atoms with Crippen molar-refractivity contribution in [3.63, 3.8) is 0 Å². The van der Waals surface area contributed by atoms with E-state index in [1.54, 1.807) is 15.8 Å². The number of aromatic nitrogens is 2. The molecule has 2 unspecified atom stereocenters. The Hall–Kier alpha value is -1.85. The molecule has 2 heterocycles. The van der Waals surface area contributed by atoms with Crippen molar-refractivity contribution in [3.05, 3.63) is 18.0 Å². The first-order valence-corrected chi connectivity index (χ1v) is 7.08. The Morgan fingerprint density at radius 1 is 1.50 bits per heavy atom. The van der Waals surface area contributed by atoms with Gasteiger partial charge in [0.2, 0.25) is 11.8 Å². The summed E-state index contributed by atoms with van der Waals surface area (Å²) in [5.74, 6) is 0.117. The molecular formula is C14H22N4O2. The highest BCUT2D eigenvalue weighted by molar-refractivity contribution is 5.95. The van der Waals surface area contributed by atoms with Crippen LogP contribution in [-0.4, -0.2) is 45.6 Å². The van der Waals surface area contributed by atoms with Gasteiger partial charge in [0.25, 0.3) is 0 Å². The van der Waals surface area contributed by atoms with Crippen molar-refractivity contribution in [2.45, 2.75) is 32.7 Å². The van der Waals surface area contributed by atoms with Crippen LogP contribution in [0.25, 0.3) is 0 Å².